The maximum Gasteiger partial charge on any atom is 0.253 e. The zero-order valence-corrected chi connectivity index (χ0v) is 20.3. The Morgan fingerprint density at radius 2 is 1.74 bits per heavy atom. The summed E-state index contributed by atoms with van der Waals surface area (Å²) in [4.78, 5) is 38.5. The van der Waals surface area contributed by atoms with Crippen molar-refractivity contribution in [2.75, 3.05) is 38.0 Å². The Hall–Kier alpha value is -3.30. The first-order valence-electron chi connectivity index (χ1n) is 11.2. The van der Waals surface area contributed by atoms with Gasteiger partial charge in [-0.3, -0.25) is 14.5 Å². The minimum absolute atomic E-state index is 0.0402. The zero-order valence-electron chi connectivity index (χ0n) is 19.6. The molecule has 1 aliphatic heterocycles. The van der Waals surface area contributed by atoms with Crippen molar-refractivity contribution in [3.63, 3.8) is 0 Å². The Morgan fingerprint density at radius 1 is 0.971 bits per heavy atom. The van der Waals surface area contributed by atoms with Crippen molar-refractivity contribution in [2.45, 2.75) is 27.2 Å². The van der Waals surface area contributed by atoms with Crippen molar-refractivity contribution in [3.8, 4) is 5.95 Å². The van der Waals surface area contributed by atoms with Crippen LogP contribution in [0, 0.1) is 20.8 Å². The minimum Gasteiger partial charge on any atom is -0.337 e. The number of anilines is 1. The molecule has 10 heteroatoms. The Kier molecular flexibility index (Phi) is 7.23. The summed E-state index contributed by atoms with van der Waals surface area (Å²) in [5.74, 6) is 0.757. The Labute approximate surface area is 203 Å². The number of aryl methyl sites for hydroxylation is 3. The summed E-state index contributed by atoms with van der Waals surface area (Å²) in [5, 5.41) is 7.94. The second-order valence-corrected chi connectivity index (χ2v) is 8.95. The Morgan fingerprint density at radius 3 is 2.47 bits per heavy atom. The predicted molar refractivity (Wildman–Crippen MR) is 130 cm³/mol. The lowest BCUT2D eigenvalue weighted by Gasteiger charge is -2.22. The molecule has 2 amide bonds. The average molecular weight is 482 g/mol. The van der Waals surface area contributed by atoms with Gasteiger partial charge in [0.25, 0.3) is 11.9 Å². The van der Waals surface area contributed by atoms with Crippen molar-refractivity contribution in [2.24, 2.45) is 0 Å². The third-order valence-electron chi connectivity index (χ3n) is 5.57. The van der Waals surface area contributed by atoms with Crippen molar-refractivity contribution in [3.05, 3.63) is 64.1 Å². The monoisotopic (exact) mass is 481 g/mol. The molecule has 2 aromatic heterocycles. The smallest absolute Gasteiger partial charge is 0.253 e. The summed E-state index contributed by atoms with van der Waals surface area (Å²) in [6.45, 7) is 8.39. The van der Waals surface area contributed by atoms with Crippen LogP contribution in [0.2, 0.25) is 5.02 Å². The van der Waals surface area contributed by atoms with Crippen LogP contribution < -0.4 is 5.32 Å². The highest BCUT2D eigenvalue weighted by atomic mass is 35.5. The van der Waals surface area contributed by atoms with Gasteiger partial charge < -0.3 is 10.2 Å². The molecule has 0 radical (unpaired) electrons. The first-order valence-corrected chi connectivity index (χ1v) is 11.6. The summed E-state index contributed by atoms with van der Waals surface area (Å²) >= 11 is 6.04. The van der Waals surface area contributed by atoms with E-state index in [9.17, 15) is 9.59 Å². The first-order chi connectivity index (χ1) is 16.3. The SMILES string of the molecule is Cc1cc(C)nc(-n2nc(C)cc2NC(=O)CN2CCCN(C(=O)c3cccc(Cl)c3)CC2)n1. The molecule has 3 aromatic rings. The predicted octanol–water partition coefficient (Wildman–Crippen LogP) is 3.03. The van der Waals surface area contributed by atoms with Crippen molar-refractivity contribution >= 4 is 29.2 Å². The van der Waals surface area contributed by atoms with Crippen LogP contribution in [0.15, 0.2) is 36.4 Å². The number of carbonyl (C=O) groups is 2. The van der Waals surface area contributed by atoms with E-state index in [1.807, 2.05) is 31.7 Å². The third-order valence-corrected chi connectivity index (χ3v) is 5.81. The molecule has 0 saturated carbocycles. The average Bonchev–Trinajstić information content (AvgIpc) is 2.98. The van der Waals surface area contributed by atoms with Crippen LogP contribution in [0.4, 0.5) is 5.82 Å². The molecule has 1 aliphatic rings. The van der Waals surface area contributed by atoms with Gasteiger partial charge in [-0.25, -0.2) is 9.97 Å². The zero-order chi connectivity index (χ0) is 24.2. The van der Waals surface area contributed by atoms with Crippen molar-refractivity contribution < 1.29 is 9.59 Å². The molecule has 178 valence electrons. The number of rotatable bonds is 5. The van der Waals surface area contributed by atoms with E-state index in [-0.39, 0.29) is 18.4 Å². The van der Waals surface area contributed by atoms with Crippen molar-refractivity contribution in [1.29, 1.82) is 0 Å². The van der Waals surface area contributed by atoms with Gasteiger partial charge >= 0.3 is 0 Å². The van der Waals surface area contributed by atoms with Crippen LogP contribution in [0.5, 0.6) is 0 Å². The topological polar surface area (TPSA) is 96.3 Å². The normalized spacial score (nSPS) is 14.6. The molecule has 0 atom stereocenters. The summed E-state index contributed by atoms with van der Waals surface area (Å²) in [6, 6.07) is 10.7. The highest BCUT2D eigenvalue weighted by Crippen LogP contribution is 2.17. The van der Waals surface area contributed by atoms with Gasteiger partial charge in [-0.05, 0) is 51.5 Å². The molecule has 3 heterocycles. The van der Waals surface area contributed by atoms with Gasteiger partial charge in [-0.15, -0.1) is 0 Å². The lowest BCUT2D eigenvalue weighted by molar-refractivity contribution is -0.117. The van der Waals surface area contributed by atoms with Crippen molar-refractivity contribution in [1.82, 2.24) is 29.5 Å². The van der Waals surface area contributed by atoms with Gasteiger partial charge in [0, 0.05) is 54.2 Å². The summed E-state index contributed by atoms with van der Waals surface area (Å²) in [6.07, 6.45) is 0.785. The first kappa shape index (κ1) is 23.8. The lowest BCUT2D eigenvalue weighted by Crippen LogP contribution is -2.38. The minimum atomic E-state index is -0.153. The molecule has 0 spiro atoms. The molecule has 1 N–H and O–H groups in total. The molecule has 1 saturated heterocycles. The number of nitrogens with one attached hydrogen (secondary N) is 1. The molecule has 0 unspecified atom stereocenters. The van der Waals surface area contributed by atoms with Gasteiger partial charge in [0.05, 0.1) is 12.2 Å². The van der Waals surface area contributed by atoms with Gasteiger partial charge in [0.15, 0.2) is 0 Å². The van der Waals surface area contributed by atoms with E-state index in [0.29, 0.717) is 42.0 Å². The number of carbonyl (C=O) groups excluding carboxylic acids is 2. The Balaban J connectivity index is 1.38. The van der Waals surface area contributed by atoms with E-state index in [0.717, 1.165) is 30.0 Å². The fraction of sp³-hybridized carbons (Fsp3) is 0.375. The quantitative estimate of drug-likeness (QED) is 0.601. The van der Waals surface area contributed by atoms with E-state index < -0.39 is 0 Å². The van der Waals surface area contributed by atoms with Crippen LogP contribution in [-0.4, -0.2) is 74.1 Å². The van der Waals surface area contributed by atoms with Crippen LogP contribution in [0.3, 0.4) is 0 Å². The number of hydrogen-bond acceptors (Lipinski definition) is 6. The number of aromatic nitrogens is 4. The second-order valence-electron chi connectivity index (χ2n) is 8.51. The van der Waals surface area contributed by atoms with Gasteiger partial charge in [-0.2, -0.15) is 9.78 Å². The van der Waals surface area contributed by atoms with E-state index in [1.54, 1.807) is 35.0 Å². The fourth-order valence-corrected chi connectivity index (χ4v) is 4.25. The van der Waals surface area contributed by atoms with Crippen LogP contribution in [-0.2, 0) is 4.79 Å². The van der Waals surface area contributed by atoms with E-state index >= 15 is 0 Å². The highest BCUT2D eigenvalue weighted by molar-refractivity contribution is 6.30. The number of hydrogen-bond donors (Lipinski definition) is 1. The summed E-state index contributed by atoms with van der Waals surface area (Å²) in [5.41, 5.74) is 2.99. The molecular formula is C24H28ClN7O2. The van der Waals surface area contributed by atoms with Gasteiger partial charge in [-0.1, -0.05) is 17.7 Å². The number of nitrogens with zero attached hydrogens (tertiary/aromatic N) is 6. The highest BCUT2D eigenvalue weighted by Gasteiger charge is 2.22. The lowest BCUT2D eigenvalue weighted by atomic mass is 10.2. The summed E-state index contributed by atoms with van der Waals surface area (Å²) in [7, 11) is 0. The maximum atomic E-state index is 12.9. The molecule has 4 rings (SSSR count). The molecule has 0 bridgehead atoms. The second kappa shape index (κ2) is 10.3. The van der Waals surface area contributed by atoms with E-state index in [1.165, 1.54) is 0 Å². The molecule has 0 aliphatic carbocycles. The molecule has 1 fully saturated rings. The molecule has 1 aromatic carbocycles. The van der Waals surface area contributed by atoms with E-state index in [2.05, 4.69) is 25.3 Å². The number of amides is 2. The van der Waals surface area contributed by atoms with Crippen LogP contribution >= 0.6 is 11.6 Å². The molecule has 9 nitrogen and oxygen atoms in total. The van der Waals surface area contributed by atoms with Gasteiger partial charge in [0.1, 0.15) is 5.82 Å². The summed E-state index contributed by atoms with van der Waals surface area (Å²) < 4.78 is 1.56. The Bertz CT molecular complexity index is 1190. The molecule has 34 heavy (non-hydrogen) atoms. The number of benzene rings is 1. The van der Waals surface area contributed by atoms with Crippen LogP contribution in [0.25, 0.3) is 5.95 Å². The van der Waals surface area contributed by atoms with Gasteiger partial charge in [0.2, 0.25) is 5.91 Å². The third kappa shape index (κ3) is 5.78. The number of halogens is 1. The standard InChI is InChI=1S/C24H28ClN7O2/c1-16-12-17(2)27-24(26-16)32-21(13-18(3)29-32)28-22(33)15-30-8-5-9-31(11-10-30)23(34)19-6-4-7-20(25)14-19/h4,6-7,12-14H,5,8-11,15H2,1-3H3,(H,28,33). The van der Waals surface area contributed by atoms with E-state index in [4.69, 9.17) is 11.6 Å². The largest absolute Gasteiger partial charge is 0.337 e. The maximum absolute atomic E-state index is 12.9. The fourth-order valence-electron chi connectivity index (χ4n) is 4.06. The molecular weight excluding hydrogens is 454 g/mol. The van der Waals surface area contributed by atoms with Crippen LogP contribution in [0.1, 0.15) is 33.9 Å².